The topological polar surface area (TPSA) is 69.9 Å². The molecule has 0 saturated heterocycles. The van der Waals surface area contributed by atoms with Gasteiger partial charge in [-0.15, -0.1) is 16.8 Å². The predicted molar refractivity (Wildman–Crippen MR) is 90.0 cm³/mol. The number of rotatable bonds is 9. The van der Waals surface area contributed by atoms with E-state index in [4.69, 9.17) is 4.74 Å². The molecule has 0 radical (unpaired) electrons. The number of pyridine rings is 1. The largest absolute Gasteiger partial charge is 0.466 e. The van der Waals surface area contributed by atoms with Gasteiger partial charge in [0, 0.05) is 36.7 Å². The van der Waals surface area contributed by atoms with E-state index in [1.165, 1.54) is 0 Å². The molecule has 23 heavy (non-hydrogen) atoms. The van der Waals surface area contributed by atoms with Gasteiger partial charge in [0.05, 0.1) is 6.61 Å². The van der Waals surface area contributed by atoms with Crippen molar-refractivity contribution in [3.05, 3.63) is 37.2 Å². The van der Waals surface area contributed by atoms with Crippen molar-refractivity contribution in [1.29, 1.82) is 0 Å². The first-order valence-electron chi connectivity index (χ1n) is 7.49. The van der Waals surface area contributed by atoms with Crippen molar-refractivity contribution in [2.24, 2.45) is 0 Å². The van der Waals surface area contributed by atoms with Crippen LogP contribution in [0.25, 0.3) is 11.4 Å². The second-order valence-corrected chi connectivity index (χ2v) is 5.76. The van der Waals surface area contributed by atoms with Gasteiger partial charge in [-0.25, -0.2) is 0 Å². The summed E-state index contributed by atoms with van der Waals surface area (Å²) in [6.07, 6.45) is 6.45. The molecule has 0 unspecified atom stereocenters. The minimum absolute atomic E-state index is 0.155. The SMILES string of the molecule is C=CCn1c(SCCCC(=O)OCC)nnc1-c1ccncc1. The van der Waals surface area contributed by atoms with Crippen LogP contribution in [0.3, 0.4) is 0 Å². The number of aromatic nitrogens is 4. The average molecular weight is 332 g/mol. The number of allylic oxidation sites excluding steroid dienone is 1. The monoisotopic (exact) mass is 332 g/mol. The summed E-state index contributed by atoms with van der Waals surface area (Å²) in [5.74, 6) is 1.42. The molecule has 0 spiro atoms. The van der Waals surface area contributed by atoms with E-state index < -0.39 is 0 Å². The summed E-state index contributed by atoms with van der Waals surface area (Å²) in [5.41, 5.74) is 0.965. The van der Waals surface area contributed by atoms with Crippen LogP contribution in [0.5, 0.6) is 0 Å². The maximum Gasteiger partial charge on any atom is 0.305 e. The van der Waals surface area contributed by atoms with Crippen LogP contribution in [0, 0.1) is 0 Å². The first-order chi connectivity index (χ1) is 11.3. The molecule has 0 saturated carbocycles. The van der Waals surface area contributed by atoms with Crippen molar-refractivity contribution in [3.8, 4) is 11.4 Å². The summed E-state index contributed by atoms with van der Waals surface area (Å²) < 4.78 is 6.93. The third kappa shape index (κ3) is 4.92. The lowest BCUT2D eigenvalue weighted by Gasteiger charge is -2.07. The van der Waals surface area contributed by atoms with Gasteiger partial charge in [-0.3, -0.25) is 14.3 Å². The molecule has 6 nitrogen and oxygen atoms in total. The fourth-order valence-corrected chi connectivity index (χ4v) is 2.90. The van der Waals surface area contributed by atoms with Crippen molar-refractivity contribution in [1.82, 2.24) is 19.7 Å². The number of thioether (sulfide) groups is 1. The molecule has 0 aromatic carbocycles. The number of esters is 1. The molecule has 0 bridgehead atoms. The lowest BCUT2D eigenvalue weighted by Crippen LogP contribution is -2.04. The van der Waals surface area contributed by atoms with Gasteiger partial charge in [0.15, 0.2) is 11.0 Å². The summed E-state index contributed by atoms with van der Waals surface area (Å²) in [7, 11) is 0. The maximum absolute atomic E-state index is 11.3. The summed E-state index contributed by atoms with van der Waals surface area (Å²) in [4.78, 5) is 15.3. The van der Waals surface area contributed by atoms with Crippen LogP contribution < -0.4 is 0 Å². The van der Waals surface area contributed by atoms with Crippen LogP contribution in [0.4, 0.5) is 0 Å². The number of hydrogen-bond acceptors (Lipinski definition) is 6. The third-order valence-corrected chi connectivity index (χ3v) is 4.08. The van der Waals surface area contributed by atoms with Crippen molar-refractivity contribution < 1.29 is 9.53 Å². The first kappa shape index (κ1) is 17.2. The van der Waals surface area contributed by atoms with Crippen LogP contribution in [0.15, 0.2) is 42.3 Å². The van der Waals surface area contributed by atoms with E-state index >= 15 is 0 Å². The molecule has 0 N–H and O–H groups in total. The summed E-state index contributed by atoms with van der Waals surface area (Å²) in [6.45, 7) is 6.66. The molecule has 0 aliphatic carbocycles. The van der Waals surface area contributed by atoms with E-state index in [-0.39, 0.29) is 5.97 Å². The van der Waals surface area contributed by atoms with E-state index in [2.05, 4.69) is 21.8 Å². The van der Waals surface area contributed by atoms with Gasteiger partial charge < -0.3 is 4.74 Å². The molecule has 0 aliphatic heterocycles. The maximum atomic E-state index is 11.3. The lowest BCUT2D eigenvalue weighted by atomic mass is 10.2. The predicted octanol–water partition coefficient (Wildman–Crippen LogP) is 2.96. The molecular weight excluding hydrogens is 312 g/mol. The first-order valence-corrected chi connectivity index (χ1v) is 8.47. The average Bonchev–Trinajstić information content (AvgIpc) is 2.96. The molecule has 0 amide bonds. The van der Waals surface area contributed by atoms with E-state index in [1.54, 1.807) is 24.2 Å². The Bertz CT molecular complexity index is 643. The van der Waals surface area contributed by atoms with Crippen molar-refractivity contribution in [2.45, 2.75) is 31.5 Å². The van der Waals surface area contributed by atoms with Crippen molar-refractivity contribution in [3.63, 3.8) is 0 Å². The number of carbonyl (C=O) groups is 1. The van der Waals surface area contributed by atoms with Gasteiger partial charge >= 0.3 is 5.97 Å². The highest BCUT2D eigenvalue weighted by molar-refractivity contribution is 7.99. The Morgan fingerprint density at radius 1 is 1.39 bits per heavy atom. The van der Waals surface area contributed by atoms with Gasteiger partial charge in [0.1, 0.15) is 0 Å². The van der Waals surface area contributed by atoms with E-state index in [1.807, 2.05) is 29.7 Å². The number of hydrogen-bond donors (Lipinski definition) is 0. The van der Waals surface area contributed by atoms with Crippen LogP contribution in [-0.4, -0.2) is 38.1 Å². The molecule has 0 atom stereocenters. The second-order valence-electron chi connectivity index (χ2n) is 4.70. The highest BCUT2D eigenvalue weighted by Gasteiger charge is 2.13. The third-order valence-electron chi connectivity index (χ3n) is 3.03. The second kappa shape index (κ2) is 9.09. The van der Waals surface area contributed by atoms with Crippen LogP contribution >= 0.6 is 11.8 Å². The molecule has 2 rings (SSSR count). The van der Waals surface area contributed by atoms with Gasteiger partial charge in [-0.1, -0.05) is 17.8 Å². The van der Waals surface area contributed by atoms with Gasteiger partial charge in [-0.05, 0) is 25.5 Å². The quantitative estimate of drug-likeness (QED) is 0.304. The van der Waals surface area contributed by atoms with E-state index in [0.717, 1.165) is 28.7 Å². The Labute approximate surface area is 140 Å². The van der Waals surface area contributed by atoms with Gasteiger partial charge in [0.25, 0.3) is 0 Å². The van der Waals surface area contributed by atoms with E-state index in [0.29, 0.717) is 19.6 Å². The number of nitrogens with zero attached hydrogens (tertiary/aromatic N) is 4. The highest BCUT2D eigenvalue weighted by Crippen LogP contribution is 2.24. The fourth-order valence-electron chi connectivity index (χ4n) is 2.02. The zero-order valence-electron chi connectivity index (χ0n) is 13.1. The number of ether oxygens (including phenoxy) is 1. The molecule has 122 valence electrons. The summed E-state index contributed by atoms with van der Waals surface area (Å²) >= 11 is 1.58. The van der Waals surface area contributed by atoms with Crippen LogP contribution in [0.2, 0.25) is 0 Å². The van der Waals surface area contributed by atoms with Crippen LogP contribution in [-0.2, 0) is 16.1 Å². The fraction of sp³-hybridized carbons (Fsp3) is 0.375. The highest BCUT2D eigenvalue weighted by atomic mass is 32.2. The van der Waals surface area contributed by atoms with Crippen LogP contribution in [0.1, 0.15) is 19.8 Å². The van der Waals surface area contributed by atoms with Crippen molar-refractivity contribution in [2.75, 3.05) is 12.4 Å². The smallest absolute Gasteiger partial charge is 0.305 e. The molecule has 0 aliphatic rings. The van der Waals surface area contributed by atoms with E-state index in [9.17, 15) is 4.79 Å². The summed E-state index contributed by atoms with van der Waals surface area (Å²) in [5, 5.41) is 9.35. The van der Waals surface area contributed by atoms with Crippen molar-refractivity contribution >= 4 is 17.7 Å². The molecular formula is C16H20N4O2S. The normalized spacial score (nSPS) is 10.5. The van der Waals surface area contributed by atoms with Gasteiger partial charge in [-0.2, -0.15) is 0 Å². The Kier molecular flexibility index (Phi) is 6.80. The molecule has 2 aromatic rings. The molecule has 0 fully saturated rings. The molecule has 7 heteroatoms. The lowest BCUT2D eigenvalue weighted by molar-refractivity contribution is -0.143. The standard InChI is InChI=1S/C16H20N4O2S/c1-3-11-20-15(13-7-9-17-10-8-13)18-19-16(20)23-12-5-6-14(21)22-4-2/h3,7-10H,1,4-6,11-12H2,2H3. The number of carbonyl (C=O) groups excluding carboxylic acids is 1. The zero-order valence-corrected chi connectivity index (χ0v) is 14.0. The Morgan fingerprint density at radius 2 is 2.17 bits per heavy atom. The zero-order chi connectivity index (χ0) is 16.5. The Balaban J connectivity index is 2.00. The minimum Gasteiger partial charge on any atom is -0.466 e. The molecule has 2 aromatic heterocycles. The Morgan fingerprint density at radius 3 is 2.87 bits per heavy atom. The summed E-state index contributed by atoms with van der Waals surface area (Å²) in [6, 6.07) is 3.80. The Hall–Kier alpha value is -2.15. The van der Waals surface area contributed by atoms with Gasteiger partial charge in [0.2, 0.25) is 0 Å². The molecule has 2 heterocycles. The minimum atomic E-state index is -0.155.